The van der Waals surface area contributed by atoms with Crippen molar-refractivity contribution in [2.24, 2.45) is 17.2 Å². The van der Waals surface area contributed by atoms with Crippen LogP contribution in [0.2, 0.25) is 0 Å². The number of methoxy groups -OCH3 is 1. The third-order valence-corrected chi connectivity index (χ3v) is 4.81. The second-order valence-electron chi connectivity index (χ2n) is 6.91. The number of nitrogens with one attached hydrogen (secondary N) is 1. The van der Waals surface area contributed by atoms with Crippen molar-refractivity contribution in [1.29, 1.82) is 0 Å². The SMILES string of the molecule is COc1ccc(CO[C@H]2C(N)C[C@@H](N)[C@@H](O)C2OCCNCCCN)cc1. The molecule has 8 nitrogen and oxygen atoms in total. The van der Waals surface area contributed by atoms with Crippen molar-refractivity contribution in [1.82, 2.24) is 5.32 Å². The van der Waals surface area contributed by atoms with Gasteiger partial charge >= 0.3 is 0 Å². The molecule has 1 aliphatic carbocycles. The second kappa shape index (κ2) is 11.6. The summed E-state index contributed by atoms with van der Waals surface area (Å²) in [6, 6.07) is 6.92. The molecule has 154 valence electrons. The molecule has 0 heterocycles. The smallest absolute Gasteiger partial charge is 0.118 e. The Labute approximate surface area is 161 Å². The molecule has 2 unspecified atom stereocenters. The number of ether oxygens (including phenoxy) is 3. The predicted octanol–water partition coefficient (Wildman–Crippen LogP) is -0.677. The largest absolute Gasteiger partial charge is 0.497 e. The standard InChI is InChI=1S/C19H34N4O4/c1-25-14-5-3-13(4-6-14)12-27-18-16(22)11-15(21)17(24)19(18)26-10-9-23-8-2-7-20/h3-6,15-19,23-24H,2,7-12,20-22H2,1H3/t15-,16?,17-,18+,19?/m1/s1. The number of benzene rings is 1. The molecule has 2 rings (SSSR count). The number of aliphatic hydroxyl groups is 1. The van der Waals surface area contributed by atoms with Crippen LogP contribution in [0.3, 0.4) is 0 Å². The minimum absolute atomic E-state index is 0.295. The summed E-state index contributed by atoms with van der Waals surface area (Å²) in [6.07, 6.45) is -0.391. The summed E-state index contributed by atoms with van der Waals surface area (Å²) in [5.41, 5.74) is 18.7. The van der Waals surface area contributed by atoms with Gasteiger partial charge in [-0.3, -0.25) is 0 Å². The Bertz CT molecular complexity index is 531. The lowest BCUT2D eigenvalue weighted by molar-refractivity contribution is -0.156. The van der Waals surface area contributed by atoms with Crippen molar-refractivity contribution < 1.29 is 19.3 Å². The highest BCUT2D eigenvalue weighted by Crippen LogP contribution is 2.25. The maximum absolute atomic E-state index is 10.5. The van der Waals surface area contributed by atoms with E-state index in [1.54, 1.807) is 7.11 Å². The lowest BCUT2D eigenvalue weighted by Gasteiger charge is -2.42. The number of aliphatic hydroxyl groups excluding tert-OH is 1. The molecule has 1 saturated carbocycles. The van der Waals surface area contributed by atoms with Gasteiger partial charge in [0.05, 0.1) is 26.4 Å². The fourth-order valence-electron chi connectivity index (χ4n) is 3.21. The van der Waals surface area contributed by atoms with Gasteiger partial charge in [-0.1, -0.05) is 12.1 Å². The number of rotatable bonds is 11. The van der Waals surface area contributed by atoms with Crippen molar-refractivity contribution in [2.75, 3.05) is 33.4 Å². The fourth-order valence-corrected chi connectivity index (χ4v) is 3.21. The fraction of sp³-hybridized carbons (Fsp3) is 0.684. The topological polar surface area (TPSA) is 138 Å². The monoisotopic (exact) mass is 382 g/mol. The van der Waals surface area contributed by atoms with E-state index in [1.165, 1.54) is 0 Å². The summed E-state index contributed by atoms with van der Waals surface area (Å²) < 4.78 is 17.1. The van der Waals surface area contributed by atoms with Crippen molar-refractivity contribution in [3.8, 4) is 5.75 Å². The first-order valence-corrected chi connectivity index (χ1v) is 9.53. The maximum Gasteiger partial charge on any atom is 0.118 e. The number of hydrogen-bond donors (Lipinski definition) is 5. The second-order valence-corrected chi connectivity index (χ2v) is 6.91. The lowest BCUT2D eigenvalue weighted by Crippen LogP contribution is -2.62. The van der Waals surface area contributed by atoms with Gasteiger partial charge in [0, 0.05) is 18.6 Å². The van der Waals surface area contributed by atoms with Gasteiger partial charge in [-0.15, -0.1) is 0 Å². The first-order chi connectivity index (χ1) is 13.1. The van der Waals surface area contributed by atoms with Crippen molar-refractivity contribution in [3.63, 3.8) is 0 Å². The molecule has 0 aliphatic heterocycles. The molecule has 27 heavy (non-hydrogen) atoms. The molecule has 1 aromatic rings. The molecule has 8 heteroatoms. The molecule has 0 spiro atoms. The van der Waals surface area contributed by atoms with Crippen LogP contribution in [0.4, 0.5) is 0 Å². The van der Waals surface area contributed by atoms with Gasteiger partial charge in [0.25, 0.3) is 0 Å². The minimum atomic E-state index is -0.810. The van der Waals surface area contributed by atoms with E-state index in [0.29, 0.717) is 32.7 Å². The minimum Gasteiger partial charge on any atom is -0.497 e. The van der Waals surface area contributed by atoms with Crippen LogP contribution in [0.1, 0.15) is 18.4 Å². The number of nitrogens with two attached hydrogens (primary N) is 3. The highest BCUT2D eigenvalue weighted by atomic mass is 16.5. The molecule has 0 aromatic heterocycles. The Morgan fingerprint density at radius 2 is 1.81 bits per heavy atom. The van der Waals surface area contributed by atoms with Crippen LogP contribution in [-0.2, 0) is 16.1 Å². The average Bonchev–Trinajstić information content (AvgIpc) is 2.68. The van der Waals surface area contributed by atoms with Gasteiger partial charge in [-0.2, -0.15) is 0 Å². The van der Waals surface area contributed by atoms with E-state index in [-0.39, 0.29) is 6.04 Å². The van der Waals surface area contributed by atoms with Gasteiger partial charge in [-0.05, 0) is 43.6 Å². The van der Waals surface area contributed by atoms with Crippen molar-refractivity contribution in [2.45, 2.75) is 49.8 Å². The summed E-state index contributed by atoms with van der Waals surface area (Å²) >= 11 is 0. The molecule has 8 N–H and O–H groups in total. The molecule has 0 bridgehead atoms. The summed E-state index contributed by atoms with van der Waals surface area (Å²) in [7, 11) is 1.63. The van der Waals surface area contributed by atoms with Crippen molar-refractivity contribution >= 4 is 0 Å². The third-order valence-electron chi connectivity index (χ3n) is 4.81. The molecule has 0 amide bonds. The Morgan fingerprint density at radius 1 is 1.07 bits per heavy atom. The van der Waals surface area contributed by atoms with E-state index in [2.05, 4.69) is 5.32 Å². The molecule has 1 fully saturated rings. The van der Waals surface area contributed by atoms with Crippen LogP contribution in [-0.4, -0.2) is 68.9 Å². The van der Waals surface area contributed by atoms with Crippen LogP contribution in [0.25, 0.3) is 0 Å². The molecule has 1 aromatic carbocycles. The molecule has 0 saturated heterocycles. The van der Waals surface area contributed by atoms with E-state index in [0.717, 1.165) is 24.3 Å². The molecule has 5 atom stereocenters. The van der Waals surface area contributed by atoms with E-state index in [4.69, 9.17) is 31.4 Å². The van der Waals surface area contributed by atoms with Gasteiger partial charge in [0.1, 0.15) is 18.0 Å². The summed E-state index contributed by atoms with van der Waals surface area (Å²) in [4.78, 5) is 0. The Kier molecular flexibility index (Phi) is 9.43. The zero-order valence-electron chi connectivity index (χ0n) is 16.0. The van der Waals surface area contributed by atoms with Crippen LogP contribution < -0.4 is 27.3 Å². The summed E-state index contributed by atoms with van der Waals surface area (Å²) in [5.74, 6) is 0.790. The summed E-state index contributed by atoms with van der Waals surface area (Å²) in [5, 5.41) is 13.7. The van der Waals surface area contributed by atoms with E-state index in [9.17, 15) is 5.11 Å². The quantitative estimate of drug-likeness (QED) is 0.318. The third kappa shape index (κ3) is 6.69. The molecular weight excluding hydrogens is 348 g/mol. The van der Waals surface area contributed by atoms with E-state index >= 15 is 0 Å². The van der Waals surface area contributed by atoms with Gasteiger partial charge < -0.3 is 41.8 Å². The van der Waals surface area contributed by atoms with Gasteiger partial charge in [0.2, 0.25) is 0 Å². The molecule has 1 aliphatic rings. The predicted molar refractivity (Wildman–Crippen MR) is 104 cm³/mol. The zero-order valence-corrected chi connectivity index (χ0v) is 16.0. The zero-order chi connectivity index (χ0) is 19.6. The number of hydrogen-bond acceptors (Lipinski definition) is 8. The van der Waals surface area contributed by atoms with Crippen LogP contribution in [0.5, 0.6) is 5.75 Å². The average molecular weight is 383 g/mol. The molecular formula is C19H34N4O4. The Morgan fingerprint density at radius 3 is 2.48 bits per heavy atom. The van der Waals surface area contributed by atoms with Crippen molar-refractivity contribution in [3.05, 3.63) is 29.8 Å². The Balaban J connectivity index is 1.90. The van der Waals surface area contributed by atoms with E-state index in [1.807, 2.05) is 24.3 Å². The van der Waals surface area contributed by atoms with Crippen LogP contribution in [0.15, 0.2) is 24.3 Å². The van der Waals surface area contributed by atoms with Gasteiger partial charge in [0.15, 0.2) is 0 Å². The first kappa shape index (κ1) is 22.0. The highest BCUT2D eigenvalue weighted by molar-refractivity contribution is 5.26. The highest BCUT2D eigenvalue weighted by Gasteiger charge is 2.43. The normalized spacial score (nSPS) is 28.3. The molecule has 0 radical (unpaired) electrons. The lowest BCUT2D eigenvalue weighted by atomic mass is 9.84. The van der Waals surface area contributed by atoms with Crippen LogP contribution >= 0.6 is 0 Å². The van der Waals surface area contributed by atoms with Crippen LogP contribution in [0, 0.1) is 0 Å². The summed E-state index contributed by atoms with van der Waals surface area (Å²) in [6.45, 7) is 2.97. The maximum atomic E-state index is 10.5. The van der Waals surface area contributed by atoms with E-state index < -0.39 is 24.4 Å². The Hall–Kier alpha value is -1.26. The van der Waals surface area contributed by atoms with Gasteiger partial charge in [-0.25, -0.2) is 0 Å². The first-order valence-electron chi connectivity index (χ1n) is 9.53.